The van der Waals surface area contributed by atoms with E-state index in [9.17, 15) is 8.42 Å². The molecule has 0 aliphatic heterocycles. The molecule has 1 saturated carbocycles. The highest BCUT2D eigenvalue weighted by Gasteiger charge is 2.29. The van der Waals surface area contributed by atoms with Crippen molar-refractivity contribution in [3.05, 3.63) is 23.3 Å². The van der Waals surface area contributed by atoms with Gasteiger partial charge in [0.25, 0.3) is 0 Å². The maximum Gasteiger partial charge on any atom is 0.240 e. The van der Waals surface area contributed by atoms with E-state index in [1.165, 1.54) is 0 Å². The molecule has 0 saturated heterocycles. The largest absolute Gasteiger partial charge is 0.398 e. The van der Waals surface area contributed by atoms with E-state index >= 15 is 0 Å². The van der Waals surface area contributed by atoms with Crippen LogP contribution in [0.1, 0.15) is 50.7 Å². The van der Waals surface area contributed by atoms with E-state index in [0.29, 0.717) is 11.1 Å². The lowest BCUT2D eigenvalue weighted by molar-refractivity contribution is 0.218. The molecule has 1 aromatic rings. The number of anilines is 1. The van der Waals surface area contributed by atoms with Gasteiger partial charge in [0.1, 0.15) is 0 Å². The number of aryl methyl sites for hydroxylation is 1. The Morgan fingerprint density at radius 1 is 1.19 bits per heavy atom. The molecule has 0 bridgehead atoms. The van der Waals surface area contributed by atoms with Crippen molar-refractivity contribution >= 4 is 15.7 Å². The Labute approximate surface area is 128 Å². The summed E-state index contributed by atoms with van der Waals surface area (Å²) < 4.78 is 27.9. The van der Waals surface area contributed by atoms with Crippen molar-refractivity contribution in [2.45, 2.75) is 64.3 Å². The van der Waals surface area contributed by atoms with Crippen LogP contribution in [0.4, 0.5) is 5.69 Å². The van der Waals surface area contributed by atoms with E-state index in [1.807, 2.05) is 13.8 Å². The second-order valence-electron chi connectivity index (χ2n) is 7.01. The van der Waals surface area contributed by atoms with E-state index in [-0.39, 0.29) is 10.9 Å². The third-order valence-electron chi connectivity index (χ3n) is 4.65. The molecular formula is C16H26N2O2S. The molecule has 118 valence electrons. The Morgan fingerprint density at radius 3 is 2.29 bits per heavy atom. The molecule has 1 aliphatic carbocycles. The van der Waals surface area contributed by atoms with Gasteiger partial charge < -0.3 is 5.73 Å². The van der Waals surface area contributed by atoms with Crippen molar-refractivity contribution in [1.82, 2.24) is 4.72 Å². The van der Waals surface area contributed by atoms with E-state index in [4.69, 9.17) is 5.73 Å². The van der Waals surface area contributed by atoms with Gasteiger partial charge in [0, 0.05) is 11.7 Å². The highest BCUT2D eigenvalue weighted by molar-refractivity contribution is 7.89. The second kappa shape index (κ2) is 5.61. The first-order chi connectivity index (χ1) is 9.61. The van der Waals surface area contributed by atoms with Crippen LogP contribution in [0.5, 0.6) is 0 Å². The van der Waals surface area contributed by atoms with Gasteiger partial charge >= 0.3 is 0 Å². The van der Waals surface area contributed by atoms with Crippen molar-refractivity contribution in [2.24, 2.45) is 5.41 Å². The molecule has 0 heterocycles. The molecule has 0 radical (unpaired) electrons. The number of sulfonamides is 1. The van der Waals surface area contributed by atoms with Crippen LogP contribution in [0.15, 0.2) is 17.0 Å². The van der Waals surface area contributed by atoms with E-state index in [0.717, 1.165) is 36.8 Å². The summed E-state index contributed by atoms with van der Waals surface area (Å²) in [6.07, 6.45) is 3.89. The topological polar surface area (TPSA) is 72.2 Å². The Hall–Kier alpha value is -1.07. The molecule has 3 N–H and O–H groups in total. The van der Waals surface area contributed by atoms with Crippen LogP contribution < -0.4 is 10.5 Å². The quantitative estimate of drug-likeness (QED) is 0.842. The predicted molar refractivity (Wildman–Crippen MR) is 86.7 cm³/mol. The Morgan fingerprint density at radius 2 is 1.76 bits per heavy atom. The highest BCUT2D eigenvalue weighted by atomic mass is 32.2. The molecule has 21 heavy (non-hydrogen) atoms. The van der Waals surface area contributed by atoms with Crippen molar-refractivity contribution in [3.8, 4) is 0 Å². The number of nitrogens with one attached hydrogen (secondary N) is 1. The lowest BCUT2D eigenvalue weighted by atomic mass is 9.76. The Kier molecular flexibility index (Phi) is 4.36. The normalized spacial score (nSPS) is 19.6. The molecule has 0 atom stereocenters. The number of hydrogen-bond acceptors (Lipinski definition) is 3. The van der Waals surface area contributed by atoms with Crippen molar-refractivity contribution in [3.63, 3.8) is 0 Å². The Bertz CT molecular complexity index is 603. The molecule has 1 fully saturated rings. The number of nitrogen functional groups attached to an aromatic ring is 1. The fourth-order valence-electron chi connectivity index (χ4n) is 2.81. The first-order valence-electron chi connectivity index (χ1n) is 7.50. The summed E-state index contributed by atoms with van der Waals surface area (Å²) in [6.45, 7) is 8.26. The van der Waals surface area contributed by atoms with Crippen molar-refractivity contribution in [1.29, 1.82) is 0 Å². The maximum atomic E-state index is 12.5. The van der Waals surface area contributed by atoms with Crippen LogP contribution in [0.25, 0.3) is 0 Å². The third kappa shape index (κ3) is 3.77. The van der Waals surface area contributed by atoms with Crippen molar-refractivity contribution in [2.75, 3.05) is 5.73 Å². The third-order valence-corrected chi connectivity index (χ3v) is 6.15. The van der Waals surface area contributed by atoms with Crippen LogP contribution in [-0.4, -0.2) is 14.5 Å². The molecular weight excluding hydrogens is 284 g/mol. The molecule has 5 heteroatoms. The average molecular weight is 310 g/mol. The lowest BCUT2D eigenvalue weighted by Crippen LogP contribution is -2.39. The van der Waals surface area contributed by atoms with Crippen LogP contribution in [-0.2, 0) is 10.0 Å². The number of rotatable bonds is 3. The van der Waals surface area contributed by atoms with Gasteiger partial charge in [-0.15, -0.1) is 0 Å². The zero-order valence-electron chi connectivity index (χ0n) is 13.4. The summed E-state index contributed by atoms with van der Waals surface area (Å²) in [6, 6.07) is 3.28. The lowest BCUT2D eigenvalue weighted by Gasteiger charge is -2.34. The van der Waals surface area contributed by atoms with E-state index in [2.05, 4.69) is 18.6 Å². The first kappa shape index (κ1) is 16.3. The van der Waals surface area contributed by atoms with Gasteiger partial charge in [0.05, 0.1) is 4.90 Å². The monoisotopic (exact) mass is 310 g/mol. The minimum absolute atomic E-state index is 0.0332. The van der Waals surface area contributed by atoms with Crippen molar-refractivity contribution < 1.29 is 8.42 Å². The van der Waals surface area contributed by atoms with Gasteiger partial charge in [-0.05, 0) is 68.2 Å². The van der Waals surface area contributed by atoms with Gasteiger partial charge in [0.15, 0.2) is 0 Å². The zero-order valence-corrected chi connectivity index (χ0v) is 14.2. The van der Waals surface area contributed by atoms with E-state index < -0.39 is 10.0 Å². The second-order valence-corrected chi connectivity index (χ2v) is 8.73. The minimum Gasteiger partial charge on any atom is -0.398 e. The van der Waals surface area contributed by atoms with Crippen LogP contribution in [0.2, 0.25) is 0 Å². The zero-order chi connectivity index (χ0) is 15.8. The molecule has 0 spiro atoms. The summed E-state index contributed by atoms with van der Waals surface area (Å²) in [4.78, 5) is 0.271. The molecule has 1 aromatic carbocycles. The number of benzene rings is 1. The molecule has 0 amide bonds. The molecule has 0 unspecified atom stereocenters. The highest BCUT2D eigenvalue weighted by Crippen LogP contribution is 2.35. The van der Waals surface area contributed by atoms with Gasteiger partial charge in [0.2, 0.25) is 10.0 Å². The van der Waals surface area contributed by atoms with Crippen LogP contribution in [0.3, 0.4) is 0 Å². The van der Waals surface area contributed by atoms with Gasteiger partial charge in [-0.2, -0.15) is 0 Å². The Balaban J connectivity index is 2.16. The smallest absolute Gasteiger partial charge is 0.240 e. The summed E-state index contributed by atoms with van der Waals surface area (Å²) >= 11 is 0. The first-order valence-corrected chi connectivity index (χ1v) is 8.98. The molecule has 1 aliphatic rings. The fraction of sp³-hybridized carbons (Fsp3) is 0.625. The molecule has 4 nitrogen and oxygen atoms in total. The molecule has 0 aromatic heterocycles. The summed E-state index contributed by atoms with van der Waals surface area (Å²) in [5.41, 5.74) is 8.59. The molecule has 2 rings (SSSR count). The van der Waals surface area contributed by atoms with Gasteiger partial charge in [-0.3, -0.25) is 0 Å². The predicted octanol–water partition coefficient (Wildman–Crippen LogP) is 3.13. The van der Waals surface area contributed by atoms with Gasteiger partial charge in [-0.25, -0.2) is 13.1 Å². The number of nitrogens with two attached hydrogens (primary N) is 1. The maximum absolute atomic E-state index is 12.5. The SMILES string of the molecule is Cc1cc(S(=O)(=O)NC2CCC(C)(C)CC2)cc(N)c1C. The number of hydrogen-bond donors (Lipinski definition) is 2. The fourth-order valence-corrected chi connectivity index (χ4v) is 4.24. The van der Waals surface area contributed by atoms with Gasteiger partial charge in [-0.1, -0.05) is 13.8 Å². The standard InChI is InChI=1S/C16H26N2O2S/c1-11-9-14(10-15(17)12(11)2)21(19,20)18-13-5-7-16(3,4)8-6-13/h9-10,13,18H,5-8,17H2,1-4H3. The van der Waals surface area contributed by atoms with Crippen LogP contribution in [0, 0.1) is 19.3 Å². The summed E-state index contributed by atoms with van der Waals surface area (Å²) in [7, 11) is -3.49. The average Bonchev–Trinajstić information content (AvgIpc) is 2.38. The summed E-state index contributed by atoms with van der Waals surface area (Å²) in [5, 5.41) is 0. The van der Waals surface area contributed by atoms with Crippen LogP contribution >= 0.6 is 0 Å². The summed E-state index contributed by atoms with van der Waals surface area (Å²) in [5.74, 6) is 0. The minimum atomic E-state index is -3.49. The van der Waals surface area contributed by atoms with E-state index in [1.54, 1.807) is 12.1 Å².